The van der Waals surface area contributed by atoms with Crippen LogP contribution in [0.25, 0.3) is 0 Å². The molecule has 0 radical (unpaired) electrons. The van der Waals surface area contributed by atoms with Crippen molar-refractivity contribution in [1.82, 2.24) is 9.97 Å². The van der Waals surface area contributed by atoms with Crippen molar-refractivity contribution in [3.63, 3.8) is 0 Å². The van der Waals surface area contributed by atoms with Crippen molar-refractivity contribution in [2.75, 3.05) is 31.0 Å². The van der Waals surface area contributed by atoms with Crippen molar-refractivity contribution in [2.24, 2.45) is 11.8 Å². The molecule has 1 N–H and O–H groups in total. The topological polar surface area (TPSA) is 103 Å². The third-order valence-electron chi connectivity index (χ3n) is 7.91. The molecule has 9 heteroatoms. The second kappa shape index (κ2) is 12.4. The molecule has 3 aromatic rings. The SMILES string of the molecule is CCOC(=O)C1CCC(C2C(=O)Nc3c2ncnc3N(Cc2ccc(OC)cc2)Cc2ccc(OC)cc2)CC1. The Labute approximate surface area is 234 Å². The summed E-state index contributed by atoms with van der Waals surface area (Å²) in [5.41, 5.74) is 3.58. The number of hydrogen-bond acceptors (Lipinski definition) is 8. The van der Waals surface area contributed by atoms with Gasteiger partial charge in [-0.2, -0.15) is 0 Å². The summed E-state index contributed by atoms with van der Waals surface area (Å²) in [6, 6.07) is 15.9. The molecular formula is C31H36N4O5. The standard InChI is InChI=1S/C31H36N4O5/c1-4-40-31(37)23-11-9-22(10-12-23)26-27-28(34-30(26)36)29(33-19-32-27)35(17-20-5-13-24(38-2)14-6-20)18-21-7-15-25(39-3)16-8-21/h5-8,13-16,19,22-23,26H,4,9-12,17-18H2,1-3H3,(H,34,36). The average Bonchev–Trinajstić information content (AvgIpc) is 3.33. The Hall–Kier alpha value is -4.14. The van der Waals surface area contributed by atoms with Gasteiger partial charge in [-0.1, -0.05) is 24.3 Å². The van der Waals surface area contributed by atoms with Crippen LogP contribution in [0.2, 0.25) is 0 Å². The number of nitrogens with zero attached hydrogens (tertiary/aromatic N) is 3. The van der Waals surface area contributed by atoms with Gasteiger partial charge in [-0.25, -0.2) is 9.97 Å². The Morgan fingerprint density at radius 3 is 2.00 bits per heavy atom. The Bertz CT molecular complexity index is 1270. The number of nitrogens with one attached hydrogen (secondary N) is 1. The number of esters is 1. The summed E-state index contributed by atoms with van der Waals surface area (Å²) in [4.78, 5) is 37.0. The molecule has 5 rings (SSSR count). The van der Waals surface area contributed by atoms with E-state index in [0.29, 0.717) is 31.2 Å². The Kier molecular flexibility index (Phi) is 8.48. The highest BCUT2D eigenvalue weighted by Crippen LogP contribution is 2.46. The van der Waals surface area contributed by atoms with Crippen LogP contribution in [-0.2, 0) is 27.4 Å². The zero-order chi connectivity index (χ0) is 28.1. The van der Waals surface area contributed by atoms with Gasteiger partial charge in [0.1, 0.15) is 23.5 Å². The molecule has 2 aliphatic rings. The molecule has 0 bridgehead atoms. The number of aromatic nitrogens is 2. The van der Waals surface area contributed by atoms with E-state index in [9.17, 15) is 9.59 Å². The van der Waals surface area contributed by atoms with Gasteiger partial charge in [-0.3, -0.25) is 9.59 Å². The lowest BCUT2D eigenvalue weighted by molar-refractivity contribution is -0.149. The summed E-state index contributed by atoms with van der Waals surface area (Å²) in [6.07, 6.45) is 4.56. The first-order chi connectivity index (χ1) is 19.5. The zero-order valence-corrected chi connectivity index (χ0v) is 23.3. The minimum atomic E-state index is -0.358. The predicted molar refractivity (Wildman–Crippen MR) is 151 cm³/mol. The van der Waals surface area contributed by atoms with E-state index in [4.69, 9.17) is 14.2 Å². The minimum Gasteiger partial charge on any atom is -0.497 e. The van der Waals surface area contributed by atoms with Gasteiger partial charge in [0.15, 0.2) is 5.82 Å². The molecule has 1 aliphatic carbocycles. The minimum absolute atomic E-state index is 0.0508. The number of rotatable bonds is 10. The van der Waals surface area contributed by atoms with E-state index >= 15 is 0 Å². The van der Waals surface area contributed by atoms with Crippen molar-refractivity contribution in [3.05, 3.63) is 71.7 Å². The summed E-state index contributed by atoms with van der Waals surface area (Å²) in [5.74, 6) is 1.76. The van der Waals surface area contributed by atoms with Gasteiger partial charge in [0.25, 0.3) is 0 Å². The molecule has 2 aromatic carbocycles. The number of hydrogen-bond donors (Lipinski definition) is 1. The van der Waals surface area contributed by atoms with E-state index in [1.807, 2.05) is 55.5 Å². The summed E-state index contributed by atoms with van der Waals surface area (Å²) >= 11 is 0. The Morgan fingerprint density at radius 2 is 1.48 bits per heavy atom. The molecule has 1 amide bonds. The molecule has 1 atom stereocenters. The number of benzene rings is 2. The molecular weight excluding hydrogens is 508 g/mol. The van der Waals surface area contributed by atoms with Crippen LogP contribution in [0.3, 0.4) is 0 Å². The number of ether oxygens (including phenoxy) is 3. The second-order valence-electron chi connectivity index (χ2n) is 10.3. The zero-order valence-electron chi connectivity index (χ0n) is 23.3. The summed E-state index contributed by atoms with van der Waals surface area (Å²) in [7, 11) is 3.30. The van der Waals surface area contributed by atoms with Crippen molar-refractivity contribution < 1.29 is 23.8 Å². The van der Waals surface area contributed by atoms with Crippen LogP contribution in [0.15, 0.2) is 54.9 Å². The quantitative estimate of drug-likeness (QED) is 0.352. The first-order valence-corrected chi connectivity index (χ1v) is 13.8. The van der Waals surface area contributed by atoms with Crippen LogP contribution in [0, 0.1) is 11.8 Å². The lowest BCUT2D eigenvalue weighted by Crippen LogP contribution is -2.29. The predicted octanol–water partition coefficient (Wildman–Crippen LogP) is 5.11. The van der Waals surface area contributed by atoms with Crippen molar-refractivity contribution in [3.8, 4) is 11.5 Å². The van der Waals surface area contributed by atoms with Gasteiger partial charge in [-0.15, -0.1) is 0 Å². The first-order valence-electron chi connectivity index (χ1n) is 13.8. The van der Waals surface area contributed by atoms with E-state index in [-0.39, 0.29) is 29.6 Å². The van der Waals surface area contributed by atoms with Gasteiger partial charge < -0.3 is 24.4 Å². The average molecular weight is 545 g/mol. The van der Waals surface area contributed by atoms with E-state index in [1.54, 1.807) is 20.5 Å². The van der Waals surface area contributed by atoms with Gasteiger partial charge in [-0.05, 0) is 73.9 Å². The monoisotopic (exact) mass is 544 g/mol. The maximum atomic E-state index is 13.4. The van der Waals surface area contributed by atoms with Crippen LogP contribution in [0.4, 0.5) is 11.5 Å². The maximum absolute atomic E-state index is 13.4. The molecule has 0 spiro atoms. The number of carbonyl (C=O) groups is 2. The maximum Gasteiger partial charge on any atom is 0.308 e. The van der Waals surface area contributed by atoms with Crippen molar-refractivity contribution in [1.29, 1.82) is 0 Å². The molecule has 1 fully saturated rings. The van der Waals surface area contributed by atoms with Gasteiger partial charge >= 0.3 is 5.97 Å². The van der Waals surface area contributed by atoms with Gasteiger partial charge in [0.2, 0.25) is 5.91 Å². The van der Waals surface area contributed by atoms with Crippen molar-refractivity contribution in [2.45, 2.75) is 51.6 Å². The smallest absolute Gasteiger partial charge is 0.308 e. The highest BCUT2D eigenvalue weighted by molar-refractivity contribution is 6.05. The Morgan fingerprint density at radius 1 is 0.900 bits per heavy atom. The largest absolute Gasteiger partial charge is 0.497 e. The first kappa shape index (κ1) is 27.4. The Balaban J connectivity index is 1.42. The third kappa shape index (κ3) is 5.88. The normalized spacial score (nSPS) is 19.9. The van der Waals surface area contributed by atoms with E-state index in [0.717, 1.165) is 54.0 Å². The molecule has 2 heterocycles. The molecule has 210 valence electrons. The molecule has 1 aliphatic heterocycles. The number of anilines is 2. The molecule has 1 unspecified atom stereocenters. The van der Waals surface area contributed by atoms with Crippen LogP contribution < -0.4 is 19.7 Å². The fourth-order valence-electron chi connectivity index (χ4n) is 5.80. The van der Waals surface area contributed by atoms with Crippen LogP contribution in [0.1, 0.15) is 55.3 Å². The van der Waals surface area contributed by atoms with Crippen LogP contribution >= 0.6 is 0 Å². The molecule has 40 heavy (non-hydrogen) atoms. The number of fused-ring (bicyclic) bond motifs is 1. The molecule has 1 saturated carbocycles. The third-order valence-corrected chi connectivity index (χ3v) is 7.91. The highest BCUT2D eigenvalue weighted by Gasteiger charge is 2.42. The lowest BCUT2D eigenvalue weighted by atomic mass is 9.75. The fourth-order valence-corrected chi connectivity index (χ4v) is 5.80. The van der Waals surface area contributed by atoms with Gasteiger partial charge in [0.05, 0.1) is 38.4 Å². The summed E-state index contributed by atoms with van der Waals surface area (Å²) in [6.45, 7) is 3.36. The van der Waals surface area contributed by atoms with E-state index in [2.05, 4.69) is 20.2 Å². The number of methoxy groups -OCH3 is 2. The second-order valence-corrected chi connectivity index (χ2v) is 10.3. The van der Waals surface area contributed by atoms with Crippen LogP contribution in [-0.4, -0.2) is 42.7 Å². The van der Waals surface area contributed by atoms with Crippen LogP contribution in [0.5, 0.6) is 11.5 Å². The molecule has 9 nitrogen and oxygen atoms in total. The molecule has 0 saturated heterocycles. The number of carbonyl (C=O) groups excluding carboxylic acids is 2. The summed E-state index contributed by atoms with van der Waals surface area (Å²) < 4.78 is 15.9. The lowest BCUT2D eigenvalue weighted by Gasteiger charge is -2.30. The fraction of sp³-hybridized carbons (Fsp3) is 0.419. The van der Waals surface area contributed by atoms with Gasteiger partial charge in [0, 0.05) is 13.1 Å². The van der Waals surface area contributed by atoms with Crippen molar-refractivity contribution >= 4 is 23.4 Å². The van der Waals surface area contributed by atoms with E-state index in [1.165, 1.54) is 0 Å². The number of amides is 1. The highest BCUT2D eigenvalue weighted by atomic mass is 16.5. The molecule has 1 aromatic heterocycles. The summed E-state index contributed by atoms with van der Waals surface area (Å²) in [5, 5.41) is 3.12. The van der Waals surface area contributed by atoms with E-state index < -0.39 is 0 Å².